The SMILES string of the molecule is CC1CCN(C(=O)NCc2cccc(-c3ncn[nH]3)c2)CC1O. The molecule has 1 aliphatic heterocycles. The van der Waals surface area contributed by atoms with E-state index >= 15 is 0 Å². The number of piperidine rings is 1. The number of carbonyl (C=O) groups excluding carboxylic acids is 1. The lowest BCUT2D eigenvalue weighted by molar-refractivity contribution is 0.0435. The molecular formula is C16H21N5O2. The van der Waals surface area contributed by atoms with Gasteiger partial charge in [0.25, 0.3) is 0 Å². The predicted molar refractivity (Wildman–Crippen MR) is 85.4 cm³/mol. The molecule has 1 saturated heterocycles. The first-order chi connectivity index (χ1) is 11.1. The molecular weight excluding hydrogens is 294 g/mol. The number of nitrogens with one attached hydrogen (secondary N) is 2. The maximum absolute atomic E-state index is 12.2. The van der Waals surface area contributed by atoms with Gasteiger partial charge in [-0.3, -0.25) is 5.10 Å². The van der Waals surface area contributed by atoms with Crippen molar-refractivity contribution in [3.8, 4) is 11.4 Å². The minimum Gasteiger partial charge on any atom is -0.391 e. The molecule has 2 atom stereocenters. The number of amides is 2. The van der Waals surface area contributed by atoms with Gasteiger partial charge in [0.2, 0.25) is 0 Å². The molecule has 7 nitrogen and oxygen atoms in total. The van der Waals surface area contributed by atoms with E-state index in [0.717, 1.165) is 17.5 Å². The minimum absolute atomic E-state index is 0.138. The van der Waals surface area contributed by atoms with Crippen LogP contribution in [-0.2, 0) is 6.54 Å². The lowest BCUT2D eigenvalue weighted by Crippen LogP contribution is -2.49. The molecule has 1 aromatic carbocycles. The van der Waals surface area contributed by atoms with Gasteiger partial charge in [-0.25, -0.2) is 9.78 Å². The van der Waals surface area contributed by atoms with E-state index < -0.39 is 6.10 Å². The number of nitrogens with zero attached hydrogens (tertiary/aromatic N) is 3. The summed E-state index contributed by atoms with van der Waals surface area (Å²) in [4.78, 5) is 18.0. The number of aliphatic hydroxyl groups is 1. The third-order valence-electron chi connectivity index (χ3n) is 4.27. The van der Waals surface area contributed by atoms with Crippen molar-refractivity contribution in [3.63, 3.8) is 0 Å². The average Bonchev–Trinajstić information content (AvgIpc) is 3.10. The second kappa shape index (κ2) is 6.78. The van der Waals surface area contributed by atoms with Crippen molar-refractivity contribution >= 4 is 6.03 Å². The van der Waals surface area contributed by atoms with Crippen LogP contribution in [0.15, 0.2) is 30.6 Å². The van der Waals surface area contributed by atoms with Crippen molar-refractivity contribution in [3.05, 3.63) is 36.2 Å². The summed E-state index contributed by atoms with van der Waals surface area (Å²) in [6, 6.07) is 7.64. The number of aromatic nitrogens is 3. The van der Waals surface area contributed by atoms with Gasteiger partial charge in [0, 0.05) is 25.2 Å². The second-order valence-corrected chi connectivity index (χ2v) is 5.97. The molecule has 0 radical (unpaired) electrons. The zero-order chi connectivity index (χ0) is 16.2. The molecule has 7 heteroatoms. The summed E-state index contributed by atoms with van der Waals surface area (Å²) in [6.45, 7) is 3.52. The van der Waals surface area contributed by atoms with Crippen LogP contribution >= 0.6 is 0 Å². The van der Waals surface area contributed by atoms with Crippen LogP contribution in [0.2, 0.25) is 0 Å². The molecule has 2 heterocycles. The van der Waals surface area contributed by atoms with Gasteiger partial charge in [-0.1, -0.05) is 25.1 Å². The summed E-state index contributed by atoms with van der Waals surface area (Å²) in [6.07, 6.45) is 1.85. The Balaban J connectivity index is 1.58. The normalized spacial score (nSPS) is 21.2. The molecule has 2 amide bonds. The number of benzene rings is 1. The van der Waals surface area contributed by atoms with Gasteiger partial charge < -0.3 is 15.3 Å². The quantitative estimate of drug-likeness (QED) is 0.797. The van der Waals surface area contributed by atoms with E-state index in [9.17, 15) is 9.90 Å². The topological polar surface area (TPSA) is 94.1 Å². The summed E-state index contributed by atoms with van der Waals surface area (Å²) < 4.78 is 0. The molecule has 0 aliphatic carbocycles. The Bertz CT molecular complexity index is 658. The third kappa shape index (κ3) is 3.68. The summed E-state index contributed by atoms with van der Waals surface area (Å²) >= 11 is 0. The summed E-state index contributed by atoms with van der Waals surface area (Å²) in [7, 11) is 0. The van der Waals surface area contributed by atoms with Crippen LogP contribution in [0, 0.1) is 5.92 Å². The molecule has 0 bridgehead atoms. The zero-order valence-electron chi connectivity index (χ0n) is 13.1. The number of aliphatic hydroxyl groups excluding tert-OH is 1. The number of likely N-dealkylation sites (tertiary alicyclic amines) is 1. The fourth-order valence-electron chi connectivity index (χ4n) is 2.70. The average molecular weight is 315 g/mol. The molecule has 3 N–H and O–H groups in total. The number of urea groups is 1. The van der Waals surface area contributed by atoms with Gasteiger partial charge >= 0.3 is 6.03 Å². The Labute approximate surface area is 134 Å². The maximum Gasteiger partial charge on any atom is 0.317 e. The molecule has 1 fully saturated rings. The van der Waals surface area contributed by atoms with Crippen LogP contribution in [0.4, 0.5) is 4.79 Å². The van der Waals surface area contributed by atoms with E-state index in [2.05, 4.69) is 20.5 Å². The molecule has 23 heavy (non-hydrogen) atoms. The Kier molecular flexibility index (Phi) is 4.57. The van der Waals surface area contributed by atoms with Crippen LogP contribution < -0.4 is 5.32 Å². The molecule has 2 aromatic rings. The van der Waals surface area contributed by atoms with Crippen molar-refractivity contribution in [2.45, 2.75) is 26.0 Å². The number of hydrogen-bond acceptors (Lipinski definition) is 4. The number of aromatic amines is 1. The van der Waals surface area contributed by atoms with E-state index in [4.69, 9.17) is 0 Å². The first kappa shape index (κ1) is 15.5. The highest BCUT2D eigenvalue weighted by Crippen LogP contribution is 2.18. The van der Waals surface area contributed by atoms with Gasteiger partial charge in [0.1, 0.15) is 6.33 Å². The zero-order valence-corrected chi connectivity index (χ0v) is 13.1. The van der Waals surface area contributed by atoms with Crippen LogP contribution in [0.1, 0.15) is 18.9 Å². The van der Waals surface area contributed by atoms with Gasteiger partial charge in [-0.2, -0.15) is 5.10 Å². The van der Waals surface area contributed by atoms with Crippen molar-refractivity contribution < 1.29 is 9.90 Å². The molecule has 0 saturated carbocycles. The third-order valence-corrected chi connectivity index (χ3v) is 4.27. The van der Waals surface area contributed by atoms with Crippen LogP contribution in [0.25, 0.3) is 11.4 Å². The van der Waals surface area contributed by atoms with Crippen LogP contribution in [-0.4, -0.2) is 50.4 Å². The minimum atomic E-state index is -0.440. The standard InChI is InChI=1S/C16H21N5O2/c1-11-5-6-21(9-14(11)22)16(23)17-8-12-3-2-4-13(7-12)15-18-10-19-20-15/h2-4,7,10-11,14,22H,5-6,8-9H2,1H3,(H,17,23)(H,18,19,20). The fourth-order valence-corrected chi connectivity index (χ4v) is 2.70. The van der Waals surface area contributed by atoms with E-state index in [0.29, 0.717) is 25.5 Å². The number of carbonyl (C=O) groups is 1. The predicted octanol–water partition coefficient (Wildman–Crippen LogP) is 1.38. The van der Waals surface area contributed by atoms with E-state index in [-0.39, 0.29) is 11.9 Å². The highest BCUT2D eigenvalue weighted by molar-refractivity contribution is 5.74. The Hall–Kier alpha value is -2.41. The fraction of sp³-hybridized carbons (Fsp3) is 0.438. The van der Waals surface area contributed by atoms with E-state index in [1.807, 2.05) is 31.2 Å². The summed E-state index contributed by atoms with van der Waals surface area (Å²) in [5, 5.41) is 19.5. The summed E-state index contributed by atoms with van der Waals surface area (Å²) in [5.74, 6) is 0.948. The second-order valence-electron chi connectivity index (χ2n) is 5.97. The largest absolute Gasteiger partial charge is 0.391 e. The van der Waals surface area contributed by atoms with Crippen molar-refractivity contribution in [1.82, 2.24) is 25.4 Å². The highest BCUT2D eigenvalue weighted by Gasteiger charge is 2.27. The van der Waals surface area contributed by atoms with Gasteiger partial charge in [0.15, 0.2) is 5.82 Å². The Morgan fingerprint density at radius 2 is 2.39 bits per heavy atom. The van der Waals surface area contributed by atoms with Crippen molar-refractivity contribution in [1.29, 1.82) is 0 Å². The highest BCUT2D eigenvalue weighted by atomic mass is 16.3. The molecule has 122 valence electrons. The van der Waals surface area contributed by atoms with Crippen LogP contribution in [0.3, 0.4) is 0 Å². The van der Waals surface area contributed by atoms with E-state index in [1.54, 1.807) is 4.90 Å². The summed E-state index contributed by atoms with van der Waals surface area (Å²) in [5.41, 5.74) is 1.91. The monoisotopic (exact) mass is 315 g/mol. The smallest absolute Gasteiger partial charge is 0.317 e. The van der Waals surface area contributed by atoms with E-state index in [1.165, 1.54) is 6.33 Å². The Morgan fingerprint density at radius 1 is 1.52 bits per heavy atom. The maximum atomic E-state index is 12.2. The molecule has 0 spiro atoms. The molecule has 2 unspecified atom stereocenters. The first-order valence-electron chi connectivity index (χ1n) is 7.79. The van der Waals surface area contributed by atoms with Crippen molar-refractivity contribution in [2.75, 3.05) is 13.1 Å². The van der Waals surface area contributed by atoms with Crippen molar-refractivity contribution in [2.24, 2.45) is 5.92 Å². The molecule has 1 aromatic heterocycles. The molecule has 3 rings (SSSR count). The van der Waals surface area contributed by atoms with Gasteiger partial charge in [-0.15, -0.1) is 0 Å². The number of hydrogen-bond donors (Lipinski definition) is 3. The van der Waals surface area contributed by atoms with Crippen LogP contribution in [0.5, 0.6) is 0 Å². The lowest BCUT2D eigenvalue weighted by atomic mass is 9.96. The number of β-amino-alcohol motifs (C(OH)–C–C–N with tert-alkyl or cyclic N) is 1. The Morgan fingerprint density at radius 3 is 3.13 bits per heavy atom. The first-order valence-corrected chi connectivity index (χ1v) is 7.79. The molecule has 1 aliphatic rings. The number of H-pyrrole nitrogens is 1. The number of rotatable bonds is 3. The van der Waals surface area contributed by atoms with Gasteiger partial charge in [0.05, 0.1) is 6.10 Å². The lowest BCUT2D eigenvalue weighted by Gasteiger charge is -2.34. The van der Waals surface area contributed by atoms with Gasteiger partial charge in [-0.05, 0) is 24.0 Å².